The number of carboxylic acid groups (broad SMARTS) is 1. The molecule has 3 aromatic carbocycles. The normalized spacial score (nSPS) is 12.3. The molecule has 3 N–H and O–H groups in total. The number of H-pyrrole nitrogens is 1. The maximum atomic E-state index is 13.0. The second-order valence-corrected chi connectivity index (χ2v) is 12.4. The van der Waals surface area contributed by atoms with Crippen LogP contribution in [0.1, 0.15) is 30.0 Å². The molecule has 0 atom stereocenters. The van der Waals surface area contributed by atoms with E-state index in [2.05, 4.69) is 4.98 Å². The average molecular weight is 597 g/mol. The van der Waals surface area contributed by atoms with Gasteiger partial charge in [0.05, 0.1) is 40.3 Å². The Morgan fingerprint density at radius 2 is 1.76 bits per heavy atom. The van der Waals surface area contributed by atoms with Gasteiger partial charge in [-0.15, -0.1) is 0 Å². The first kappa shape index (κ1) is 30.1. The highest BCUT2D eigenvalue weighted by molar-refractivity contribution is 7.92. The summed E-state index contributed by atoms with van der Waals surface area (Å²) in [5, 5.41) is 21.5. The third-order valence-corrected chi connectivity index (χ3v) is 8.68. The topological polar surface area (TPSA) is 126 Å². The summed E-state index contributed by atoms with van der Waals surface area (Å²) in [4.78, 5) is 21.1. The fourth-order valence-electron chi connectivity index (χ4n) is 4.57. The molecule has 0 bridgehead atoms. The number of carbonyl (C=O) groups is 1. The summed E-state index contributed by atoms with van der Waals surface area (Å²) in [6.07, 6.45) is 0.340. The quantitative estimate of drug-likeness (QED) is 0.187. The second kappa shape index (κ2) is 12.8. The van der Waals surface area contributed by atoms with Crippen molar-refractivity contribution in [2.24, 2.45) is 4.99 Å². The second-order valence-electron chi connectivity index (χ2n) is 9.98. The van der Waals surface area contributed by atoms with Crippen LogP contribution in [0.25, 0.3) is 10.9 Å². The number of aromatic hydroxyl groups is 1. The van der Waals surface area contributed by atoms with Crippen molar-refractivity contribution in [2.45, 2.75) is 19.8 Å². The molecule has 9 nitrogen and oxygen atoms in total. The molecule has 216 valence electrons. The SMILES string of the molecule is CCCS(=O)(=O)N(CCN(C)C)c1ccc(N=C(c2cccc(CC(=O)O)c2)c2c(O)[nH]c3cc(Cl)ccc23)cc1. The summed E-state index contributed by atoms with van der Waals surface area (Å²) in [5.74, 6) is -1.03. The van der Waals surface area contributed by atoms with E-state index in [0.29, 0.717) is 69.2 Å². The molecular formula is C30H33ClN4O5S. The summed E-state index contributed by atoms with van der Waals surface area (Å²) in [6, 6.07) is 19.1. The number of anilines is 1. The maximum absolute atomic E-state index is 13.0. The largest absolute Gasteiger partial charge is 0.494 e. The molecule has 4 rings (SSSR count). The van der Waals surface area contributed by atoms with Gasteiger partial charge in [0.2, 0.25) is 10.0 Å². The van der Waals surface area contributed by atoms with Gasteiger partial charge < -0.3 is 20.1 Å². The molecular weight excluding hydrogens is 564 g/mol. The van der Waals surface area contributed by atoms with Gasteiger partial charge in [-0.25, -0.2) is 13.4 Å². The van der Waals surface area contributed by atoms with Crippen molar-refractivity contribution in [1.82, 2.24) is 9.88 Å². The Hall–Kier alpha value is -3.86. The third-order valence-electron chi connectivity index (χ3n) is 6.46. The number of aromatic nitrogens is 1. The van der Waals surface area contributed by atoms with Gasteiger partial charge in [-0.1, -0.05) is 42.8 Å². The Kier molecular flexibility index (Phi) is 9.37. The van der Waals surface area contributed by atoms with E-state index >= 15 is 0 Å². The van der Waals surface area contributed by atoms with E-state index in [-0.39, 0.29) is 18.1 Å². The first-order valence-corrected chi connectivity index (χ1v) is 15.1. The smallest absolute Gasteiger partial charge is 0.307 e. The number of likely N-dealkylation sites (N-methyl/N-ethyl adjacent to an activating group) is 1. The molecule has 1 heterocycles. The molecule has 11 heteroatoms. The van der Waals surface area contributed by atoms with Gasteiger partial charge in [-0.2, -0.15) is 0 Å². The molecule has 1 aromatic heterocycles. The van der Waals surface area contributed by atoms with Crippen LogP contribution in [0.2, 0.25) is 5.02 Å². The number of hydrogen-bond donors (Lipinski definition) is 3. The van der Waals surface area contributed by atoms with E-state index in [0.717, 1.165) is 0 Å². The standard InChI is InChI=1S/C30H33ClN4O5S/c1-4-16-41(39,40)35(15-14-34(2)3)24-11-9-23(10-12-24)32-29(21-7-5-6-20(17-21)18-27(36)37)28-25-13-8-22(31)19-26(25)33-30(28)38/h5-13,17,19,33,38H,4,14-16,18H2,1-3H3,(H,36,37). The van der Waals surface area contributed by atoms with Crippen LogP contribution in [-0.4, -0.2) is 73.1 Å². The molecule has 0 aliphatic heterocycles. The van der Waals surface area contributed by atoms with Gasteiger partial charge in [-0.05, 0) is 68.5 Å². The van der Waals surface area contributed by atoms with Gasteiger partial charge in [0, 0.05) is 29.1 Å². The van der Waals surface area contributed by atoms with E-state index in [9.17, 15) is 23.4 Å². The molecule has 0 saturated carbocycles. The molecule has 0 fully saturated rings. The van der Waals surface area contributed by atoms with E-state index in [1.165, 1.54) is 4.31 Å². The highest BCUT2D eigenvalue weighted by Crippen LogP contribution is 2.33. The van der Waals surface area contributed by atoms with Crippen LogP contribution in [0.15, 0.2) is 71.7 Å². The van der Waals surface area contributed by atoms with Crippen LogP contribution in [0.4, 0.5) is 11.4 Å². The van der Waals surface area contributed by atoms with E-state index in [1.54, 1.807) is 66.7 Å². The Labute approximate surface area is 244 Å². The minimum atomic E-state index is -3.51. The van der Waals surface area contributed by atoms with Crippen molar-refractivity contribution in [3.05, 3.63) is 88.4 Å². The lowest BCUT2D eigenvalue weighted by Gasteiger charge is -2.26. The monoisotopic (exact) mass is 596 g/mol. The minimum absolute atomic E-state index is 0.0427. The van der Waals surface area contributed by atoms with Crippen molar-refractivity contribution in [3.63, 3.8) is 0 Å². The first-order chi connectivity index (χ1) is 19.5. The van der Waals surface area contributed by atoms with Gasteiger partial charge in [0.25, 0.3) is 0 Å². The number of aromatic amines is 1. The molecule has 0 unspecified atom stereocenters. The highest BCUT2D eigenvalue weighted by atomic mass is 35.5. The van der Waals surface area contributed by atoms with Gasteiger partial charge >= 0.3 is 5.97 Å². The summed E-state index contributed by atoms with van der Waals surface area (Å²) >= 11 is 6.17. The summed E-state index contributed by atoms with van der Waals surface area (Å²) in [7, 11) is 0.276. The first-order valence-electron chi connectivity index (χ1n) is 13.1. The van der Waals surface area contributed by atoms with Crippen LogP contribution in [0, 0.1) is 0 Å². The summed E-state index contributed by atoms with van der Waals surface area (Å²) < 4.78 is 27.5. The van der Waals surface area contributed by atoms with Crippen LogP contribution < -0.4 is 4.31 Å². The van der Waals surface area contributed by atoms with E-state index in [4.69, 9.17) is 16.6 Å². The number of hydrogen-bond acceptors (Lipinski definition) is 6. The predicted octanol–water partition coefficient (Wildman–Crippen LogP) is 5.43. The van der Waals surface area contributed by atoms with Crippen molar-refractivity contribution >= 4 is 55.6 Å². The van der Waals surface area contributed by atoms with Gasteiger partial charge in [0.15, 0.2) is 5.88 Å². The average Bonchev–Trinajstić information content (AvgIpc) is 3.22. The maximum Gasteiger partial charge on any atom is 0.307 e. The van der Waals surface area contributed by atoms with Crippen LogP contribution in [-0.2, 0) is 21.2 Å². The fourth-order valence-corrected chi connectivity index (χ4v) is 6.28. The molecule has 0 aliphatic rings. The van der Waals surface area contributed by atoms with E-state index < -0.39 is 16.0 Å². The fraction of sp³-hybridized carbons (Fsp3) is 0.267. The molecule has 4 aromatic rings. The highest BCUT2D eigenvalue weighted by Gasteiger charge is 2.23. The molecule has 41 heavy (non-hydrogen) atoms. The lowest BCUT2D eigenvalue weighted by molar-refractivity contribution is -0.136. The number of fused-ring (bicyclic) bond motifs is 1. The molecule has 0 saturated heterocycles. The zero-order valence-electron chi connectivity index (χ0n) is 23.1. The lowest BCUT2D eigenvalue weighted by Crippen LogP contribution is -2.38. The van der Waals surface area contributed by atoms with Gasteiger partial charge in [-0.3, -0.25) is 9.10 Å². The van der Waals surface area contributed by atoms with Crippen LogP contribution >= 0.6 is 11.6 Å². The van der Waals surface area contributed by atoms with Crippen LogP contribution in [0.5, 0.6) is 5.88 Å². The Morgan fingerprint density at radius 3 is 2.41 bits per heavy atom. The number of carboxylic acids is 1. The zero-order chi connectivity index (χ0) is 29.7. The third kappa shape index (κ3) is 7.27. The number of aliphatic imine (C=N–C) groups is 1. The molecule has 0 radical (unpaired) electrons. The molecule has 0 aliphatic carbocycles. The minimum Gasteiger partial charge on any atom is -0.494 e. The number of nitrogens with one attached hydrogen (secondary N) is 1. The number of halogens is 1. The Bertz CT molecular complexity index is 1680. The van der Waals surface area contributed by atoms with E-state index in [1.807, 2.05) is 25.9 Å². The van der Waals surface area contributed by atoms with Crippen molar-refractivity contribution in [1.29, 1.82) is 0 Å². The van der Waals surface area contributed by atoms with Crippen molar-refractivity contribution in [3.8, 4) is 5.88 Å². The number of sulfonamides is 1. The zero-order valence-corrected chi connectivity index (χ0v) is 24.7. The molecule has 0 amide bonds. The summed E-state index contributed by atoms with van der Waals surface area (Å²) in [5.41, 5.74) is 3.72. The number of aliphatic carboxylic acids is 1. The Balaban J connectivity index is 1.83. The van der Waals surface area contributed by atoms with Crippen LogP contribution in [0.3, 0.4) is 0 Å². The number of benzene rings is 3. The Morgan fingerprint density at radius 1 is 1.02 bits per heavy atom. The predicted molar refractivity (Wildman–Crippen MR) is 164 cm³/mol. The lowest BCUT2D eigenvalue weighted by atomic mass is 9.98. The molecule has 0 spiro atoms. The van der Waals surface area contributed by atoms with Crippen molar-refractivity contribution < 1.29 is 23.4 Å². The summed E-state index contributed by atoms with van der Waals surface area (Å²) in [6.45, 7) is 2.70. The van der Waals surface area contributed by atoms with Crippen molar-refractivity contribution in [2.75, 3.05) is 37.2 Å². The van der Waals surface area contributed by atoms with Gasteiger partial charge in [0.1, 0.15) is 0 Å². The number of rotatable bonds is 12. The number of nitrogens with zero attached hydrogens (tertiary/aromatic N) is 3.